The first-order valence-corrected chi connectivity index (χ1v) is 6.96. The Morgan fingerprint density at radius 1 is 0.889 bits per heavy atom. The highest BCUT2D eigenvalue weighted by Gasteiger charge is 2.21. The van der Waals surface area contributed by atoms with E-state index in [0.29, 0.717) is 0 Å². The van der Waals surface area contributed by atoms with E-state index >= 15 is 0 Å². The van der Waals surface area contributed by atoms with E-state index in [1.54, 1.807) is 0 Å². The van der Waals surface area contributed by atoms with Gasteiger partial charge in [0.2, 0.25) is 0 Å². The van der Waals surface area contributed by atoms with Gasteiger partial charge in [0.25, 0.3) is 0 Å². The molecule has 1 aliphatic heterocycles. The summed E-state index contributed by atoms with van der Waals surface area (Å²) < 4.78 is 2.33. The molecule has 2 heteroatoms. The van der Waals surface area contributed by atoms with Gasteiger partial charge in [-0.1, -0.05) is 36.0 Å². The standard InChI is InChI=1S/C16H13NS/c1-10-4-3-5-13-15(10)18-16-11(2)6-7-12-8-9-17(13)14(12)16/h3-9H,1-2H3. The lowest BCUT2D eigenvalue weighted by Crippen LogP contribution is -2.02. The number of fused-ring (bicyclic) bond motifs is 2. The molecule has 2 aromatic carbocycles. The summed E-state index contributed by atoms with van der Waals surface area (Å²) in [6, 6.07) is 13.2. The van der Waals surface area contributed by atoms with Crippen LogP contribution in [0.5, 0.6) is 0 Å². The number of hydrogen-bond acceptors (Lipinski definition) is 1. The molecule has 0 aliphatic carbocycles. The van der Waals surface area contributed by atoms with Gasteiger partial charge in [0.05, 0.1) is 11.2 Å². The Morgan fingerprint density at radius 2 is 1.72 bits per heavy atom. The van der Waals surface area contributed by atoms with Gasteiger partial charge in [-0.3, -0.25) is 0 Å². The molecule has 0 radical (unpaired) electrons. The molecule has 4 rings (SSSR count). The van der Waals surface area contributed by atoms with Crippen molar-refractivity contribution in [2.45, 2.75) is 23.6 Å². The molecule has 0 unspecified atom stereocenters. The SMILES string of the molecule is Cc1cccc2c1Sc1c(C)ccc3ccn-2c13. The number of aromatic nitrogens is 1. The Morgan fingerprint density at radius 3 is 2.61 bits per heavy atom. The third kappa shape index (κ3) is 1.19. The predicted octanol–water partition coefficient (Wildman–Crippen LogP) is 4.71. The van der Waals surface area contributed by atoms with Crippen molar-refractivity contribution in [3.05, 3.63) is 53.7 Å². The fourth-order valence-corrected chi connectivity index (χ4v) is 3.94. The van der Waals surface area contributed by atoms with Crippen LogP contribution in [-0.2, 0) is 0 Å². The molecule has 3 aromatic rings. The van der Waals surface area contributed by atoms with Crippen molar-refractivity contribution in [2.24, 2.45) is 0 Å². The minimum atomic E-state index is 1.31. The Bertz CT molecular complexity index is 783. The molecule has 1 aromatic heterocycles. The molecule has 0 atom stereocenters. The van der Waals surface area contributed by atoms with Crippen molar-refractivity contribution in [3.8, 4) is 5.69 Å². The maximum absolute atomic E-state index is 2.33. The molecule has 0 N–H and O–H groups in total. The molecule has 0 fully saturated rings. The highest BCUT2D eigenvalue weighted by Crippen LogP contribution is 2.45. The molecule has 88 valence electrons. The zero-order chi connectivity index (χ0) is 12.3. The summed E-state index contributed by atoms with van der Waals surface area (Å²) in [5.74, 6) is 0. The predicted molar refractivity (Wildman–Crippen MR) is 76.9 cm³/mol. The summed E-state index contributed by atoms with van der Waals surface area (Å²) >= 11 is 1.91. The van der Waals surface area contributed by atoms with Gasteiger partial charge in [-0.2, -0.15) is 0 Å². The van der Waals surface area contributed by atoms with E-state index in [-0.39, 0.29) is 0 Å². The van der Waals surface area contributed by atoms with Crippen LogP contribution < -0.4 is 0 Å². The molecule has 18 heavy (non-hydrogen) atoms. The van der Waals surface area contributed by atoms with Crippen molar-refractivity contribution >= 4 is 22.7 Å². The third-order valence-electron chi connectivity index (χ3n) is 3.66. The highest BCUT2D eigenvalue weighted by atomic mass is 32.2. The zero-order valence-electron chi connectivity index (χ0n) is 10.4. The van der Waals surface area contributed by atoms with Crippen LogP contribution >= 0.6 is 11.8 Å². The normalized spacial score (nSPS) is 12.8. The van der Waals surface area contributed by atoms with Gasteiger partial charge in [-0.25, -0.2) is 0 Å². The summed E-state index contributed by atoms with van der Waals surface area (Å²) in [6.45, 7) is 4.39. The number of benzene rings is 2. The number of nitrogens with zero attached hydrogens (tertiary/aromatic N) is 1. The number of hydrogen-bond donors (Lipinski definition) is 0. The number of rotatable bonds is 0. The minimum absolute atomic E-state index is 1.31. The summed E-state index contributed by atoms with van der Waals surface area (Å²) in [4.78, 5) is 2.79. The molecule has 0 amide bonds. The molecular formula is C16H13NS. The molecule has 0 spiro atoms. The maximum Gasteiger partial charge on any atom is 0.0671 e. The van der Waals surface area contributed by atoms with Crippen molar-refractivity contribution in [3.63, 3.8) is 0 Å². The van der Waals surface area contributed by atoms with Crippen LogP contribution in [0.4, 0.5) is 0 Å². The molecule has 0 saturated heterocycles. The quantitative estimate of drug-likeness (QED) is 0.438. The van der Waals surface area contributed by atoms with E-state index < -0.39 is 0 Å². The van der Waals surface area contributed by atoms with Gasteiger partial charge >= 0.3 is 0 Å². The largest absolute Gasteiger partial charge is 0.314 e. The summed E-state index contributed by atoms with van der Waals surface area (Å²) in [7, 11) is 0. The van der Waals surface area contributed by atoms with E-state index in [0.717, 1.165) is 0 Å². The van der Waals surface area contributed by atoms with Crippen LogP contribution in [-0.4, -0.2) is 4.57 Å². The molecule has 2 heterocycles. The van der Waals surface area contributed by atoms with Crippen molar-refractivity contribution in [1.82, 2.24) is 4.57 Å². The fraction of sp³-hybridized carbons (Fsp3) is 0.125. The monoisotopic (exact) mass is 251 g/mol. The lowest BCUT2D eigenvalue weighted by Gasteiger charge is -2.22. The van der Waals surface area contributed by atoms with Crippen LogP contribution in [0, 0.1) is 13.8 Å². The Kier molecular flexibility index (Phi) is 1.95. The van der Waals surface area contributed by atoms with Gasteiger partial charge < -0.3 is 4.57 Å². The van der Waals surface area contributed by atoms with Gasteiger partial charge in [0.1, 0.15) is 0 Å². The Balaban J connectivity index is 2.20. The van der Waals surface area contributed by atoms with Crippen molar-refractivity contribution < 1.29 is 0 Å². The van der Waals surface area contributed by atoms with Gasteiger partial charge in [-0.15, -0.1) is 0 Å². The Hall–Kier alpha value is -1.67. The first-order valence-electron chi connectivity index (χ1n) is 6.14. The van der Waals surface area contributed by atoms with Crippen LogP contribution in [0.2, 0.25) is 0 Å². The smallest absolute Gasteiger partial charge is 0.0671 e. The second kappa shape index (κ2) is 3.42. The van der Waals surface area contributed by atoms with Gasteiger partial charge in [0.15, 0.2) is 0 Å². The molecule has 0 saturated carbocycles. The molecule has 1 nitrogen and oxygen atoms in total. The summed E-state index contributed by atoms with van der Waals surface area (Å²) in [5.41, 5.74) is 5.39. The molecule has 1 aliphatic rings. The lowest BCUT2D eigenvalue weighted by atomic mass is 10.1. The first-order chi connectivity index (χ1) is 8.75. The topological polar surface area (TPSA) is 4.93 Å². The summed E-state index contributed by atoms with van der Waals surface area (Å²) in [6.07, 6.45) is 2.19. The molecular weight excluding hydrogens is 238 g/mol. The maximum atomic E-state index is 2.33. The lowest BCUT2D eigenvalue weighted by molar-refractivity contribution is 1.03. The first kappa shape index (κ1) is 10.3. The van der Waals surface area contributed by atoms with E-state index in [1.165, 1.54) is 37.5 Å². The van der Waals surface area contributed by atoms with E-state index in [1.807, 2.05) is 11.8 Å². The highest BCUT2D eigenvalue weighted by molar-refractivity contribution is 7.99. The van der Waals surface area contributed by atoms with Crippen molar-refractivity contribution in [2.75, 3.05) is 0 Å². The fourth-order valence-electron chi connectivity index (χ4n) is 2.69. The van der Waals surface area contributed by atoms with Crippen LogP contribution in [0.25, 0.3) is 16.6 Å². The zero-order valence-corrected chi connectivity index (χ0v) is 11.2. The van der Waals surface area contributed by atoms with E-state index in [4.69, 9.17) is 0 Å². The Labute approximate surface area is 110 Å². The van der Waals surface area contributed by atoms with Crippen molar-refractivity contribution in [1.29, 1.82) is 0 Å². The summed E-state index contributed by atoms with van der Waals surface area (Å²) in [5, 5.41) is 1.33. The van der Waals surface area contributed by atoms with E-state index in [2.05, 4.69) is 61.0 Å². The van der Waals surface area contributed by atoms with E-state index in [9.17, 15) is 0 Å². The number of aryl methyl sites for hydroxylation is 2. The van der Waals surface area contributed by atoms with Crippen LogP contribution in [0.15, 0.2) is 52.4 Å². The minimum Gasteiger partial charge on any atom is -0.314 e. The average molecular weight is 251 g/mol. The van der Waals surface area contributed by atoms with Gasteiger partial charge in [0, 0.05) is 21.4 Å². The second-order valence-corrected chi connectivity index (χ2v) is 5.88. The van der Waals surface area contributed by atoms with Crippen LogP contribution in [0.1, 0.15) is 11.1 Å². The van der Waals surface area contributed by atoms with Gasteiger partial charge in [-0.05, 0) is 37.1 Å². The second-order valence-electron chi connectivity index (χ2n) is 4.86. The molecule has 0 bridgehead atoms. The third-order valence-corrected chi connectivity index (χ3v) is 5.11. The average Bonchev–Trinajstić information content (AvgIpc) is 2.80. The van der Waals surface area contributed by atoms with Crippen LogP contribution in [0.3, 0.4) is 0 Å².